The predicted molar refractivity (Wildman–Crippen MR) is 76.0 cm³/mol. The molecule has 2 amide bonds. The minimum Gasteiger partial charge on any atom is -0.351 e. The van der Waals surface area contributed by atoms with E-state index in [4.69, 9.17) is 5.73 Å². The minimum atomic E-state index is -0.538. The van der Waals surface area contributed by atoms with E-state index in [1.807, 2.05) is 48.5 Å². The van der Waals surface area contributed by atoms with Crippen molar-refractivity contribution in [1.82, 2.24) is 5.48 Å². The lowest BCUT2D eigenvalue weighted by Gasteiger charge is -2.23. The molecule has 5 heteroatoms. The number of anilines is 2. The number of nitrogens with two attached hydrogens (primary N) is 1. The van der Waals surface area contributed by atoms with Gasteiger partial charge in [-0.2, -0.15) is 5.48 Å². The van der Waals surface area contributed by atoms with Crippen molar-refractivity contribution >= 4 is 17.4 Å². The first-order chi connectivity index (χ1) is 9.72. The first-order valence-electron chi connectivity index (χ1n) is 6.38. The van der Waals surface area contributed by atoms with Gasteiger partial charge in [0.2, 0.25) is 0 Å². The molecule has 4 N–H and O–H groups in total. The van der Waals surface area contributed by atoms with Crippen molar-refractivity contribution in [3.05, 3.63) is 59.7 Å². The molecule has 2 aromatic rings. The number of carbonyl (C=O) groups excluding carboxylic acids is 1. The SMILES string of the molecule is NC(=O)N1c2ccccc2CC(NO)c2ccccc21. The monoisotopic (exact) mass is 269 g/mol. The van der Waals surface area contributed by atoms with Crippen LogP contribution in [-0.2, 0) is 6.42 Å². The third-order valence-electron chi connectivity index (χ3n) is 3.59. The van der Waals surface area contributed by atoms with Crippen LogP contribution in [-0.4, -0.2) is 11.2 Å². The Hall–Kier alpha value is -2.37. The molecule has 3 rings (SSSR count). The number of benzene rings is 2. The van der Waals surface area contributed by atoms with Gasteiger partial charge in [-0.1, -0.05) is 36.4 Å². The summed E-state index contributed by atoms with van der Waals surface area (Å²) in [6.45, 7) is 0. The molecule has 1 aliphatic heterocycles. The Kier molecular flexibility index (Phi) is 3.14. The largest absolute Gasteiger partial charge is 0.351 e. The maximum Gasteiger partial charge on any atom is 0.323 e. The third kappa shape index (κ3) is 1.93. The molecule has 0 saturated carbocycles. The second kappa shape index (κ2) is 4.96. The summed E-state index contributed by atoms with van der Waals surface area (Å²) in [7, 11) is 0. The summed E-state index contributed by atoms with van der Waals surface area (Å²) in [4.78, 5) is 13.4. The predicted octanol–water partition coefficient (Wildman–Crippen LogP) is 2.48. The van der Waals surface area contributed by atoms with Gasteiger partial charge in [-0.15, -0.1) is 0 Å². The molecule has 20 heavy (non-hydrogen) atoms. The molecule has 1 unspecified atom stereocenters. The van der Waals surface area contributed by atoms with Gasteiger partial charge in [0.05, 0.1) is 17.4 Å². The summed E-state index contributed by atoms with van der Waals surface area (Å²) < 4.78 is 0. The number of fused-ring (bicyclic) bond motifs is 2. The van der Waals surface area contributed by atoms with Crippen molar-refractivity contribution in [2.75, 3.05) is 4.90 Å². The standard InChI is InChI=1S/C15H15N3O2/c16-15(19)18-13-7-3-1-5-10(13)9-12(17-20)11-6-2-4-8-14(11)18/h1-8,12,17,20H,9H2,(H2,16,19). The van der Waals surface area contributed by atoms with E-state index in [1.54, 1.807) is 0 Å². The van der Waals surface area contributed by atoms with Gasteiger partial charge < -0.3 is 10.9 Å². The van der Waals surface area contributed by atoms with Crippen molar-refractivity contribution in [3.8, 4) is 0 Å². The van der Waals surface area contributed by atoms with E-state index in [0.717, 1.165) is 16.8 Å². The van der Waals surface area contributed by atoms with E-state index in [9.17, 15) is 10.0 Å². The van der Waals surface area contributed by atoms with Crippen molar-refractivity contribution in [2.45, 2.75) is 12.5 Å². The maximum atomic E-state index is 11.9. The Morgan fingerprint density at radius 3 is 2.50 bits per heavy atom. The van der Waals surface area contributed by atoms with Gasteiger partial charge in [-0.3, -0.25) is 4.90 Å². The number of primary amides is 1. The molecular weight excluding hydrogens is 254 g/mol. The number of para-hydroxylation sites is 2. The zero-order valence-electron chi connectivity index (χ0n) is 10.8. The van der Waals surface area contributed by atoms with Crippen LogP contribution in [0.4, 0.5) is 16.2 Å². The fourth-order valence-electron chi connectivity index (χ4n) is 2.70. The summed E-state index contributed by atoms with van der Waals surface area (Å²) in [6.07, 6.45) is 0.577. The molecule has 1 atom stereocenters. The molecule has 1 aliphatic rings. The molecule has 0 fully saturated rings. The highest BCUT2D eigenvalue weighted by atomic mass is 16.5. The smallest absolute Gasteiger partial charge is 0.323 e. The summed E-state index contributed by atoms with van der Waals surface area (Å²) in [5.74, 6) is 0. The molecule has 2 aromatic carbocycles. The molecule has 0 bridgehead atoms. The van der Waals surface area contributed by atoms with Crippen LogP contribution in [0.2, 0.25) is 0 Å². The summed E-state index contributed by atoms with van der Waals surface area (Å²) in [6, 6.07) is 14.2. The van der Waals surface area contributed by atoms with Gasteiger partial charge in [-0.05, 0) is 29.7 Å². The fourth-order valence-corrected chi connectivity index (χ4v) is 2.70. The fraction of sp³-hybridized carbons (Fsp3) is 0.133. The lowest BCUT2D eigenvalue weighted by molar-refractivity contribution is 0.126. The van der Waals surface area contributed by atoms with E-state index in [0.29, 0.717) is 12.1 Å². The summed E-state index contributed by atoms with van der Waals surface area (Å²) >= 11 is 0. The van der Waals surface area contributed by atoms with Crippen molar-refractivity contribution in [1.29, 1.82) is 0 Å². The average molecular weight is 269 g/mol. The van der Waals surface area contributed by atoms with Crippen LogP contribution in [0, 0.1) is 0 Å². The van der Waals surface area contributed by atoms with Crippen molar-refractivity contribution in [2.24, 2.45) is 5.73 Å². The number of urea groups is 1. The highest BCUT2D eigenvalue weighted by Gasteiger charge is 2.28. The minimum absolute atomic E-state index is 0.281. The highest BCUT2D eigenvalue weighted by Crippen LogP contribution is 2.39. The van der Waals surface area contributed by atoms with Gasteiger partial charge in [0.25, 0.3) is 0 Å². The van der Waals surface area contributed by atoms with Gasteiger partial charge >= 0.3 is 6.03 Å². The number of carbonyl (C=O) groups is 1. The van der Waals surface area contributed by atoms with Crippen LogP contribution in [0.3, 0.4) is 0 Å². The van der Waals surface area contributed by atoms with E-state index >= 15 is 0 Å². The topological polar surface area (TPSA) is 78.6 Å². The first kappa shape index (κ1) is 12.7. The van der Waals surface area contributed by atoms with Crippen LogP contribution in [0.25, 0.3) is 0 Å². The molecule has 0 spiro atoms. The quantitative estimate of drug-likeness (QED) is 0.696. The van der Waals surface area contributed by atoms with E-state index in [1.165, 1.54) is 4.90 Å². The maximum absolute atomic E-state index is 11.9. The number of rotatable bonds is 1. The van der Waals surface area contributed by atoms with Gasteiger partial charge in [0, 0.05) is 0 Å². The second-order valence-corrected chi connectivity index (χ2v) is 4.75. The van der Waals surface area contributed by atoms with Crippen LogP contribution >= 0.6 is 0 Å². The Morgan fingerprint density at radius 1 is 1.15 bits per heavy atom. The number of nitrogens with one attached hydrogen (secondary N) is 1. The number of hydroxylamine groups is 1. The lowest BCUT2D eigenvalue weighted by atomic mass is 10.00. The number of amides is 2. The Balaban J connectivity index is 2.27. The molecular formula is C15H15N3O2. The molecule has 0 radical (unpaired) electrons. The number of hydrogen-bond acceptors (Lipinski definition) is 3. The molecule has 0 saturated heterocycles. The highest BCUT2D eigenvalue weighted by molar-refractivity contribution is 6.00. The lowest BCUT2D eigenvalue weighted by Crippen LogP contribution is -2.32. The van der Waals surface area contributed by atoms with Crippen LogP contribution in [0.1, 0.15) is 17.2 Å². The number of nitrogens with zero attached hydrogens (tertiary/aromatic N) is 1. The first-order valence-corrected chi connectivity index (χ1v) is 6.38. The van der Waals surface area contributed by atoms with Crippen LogP contribution in [0.5, 0.6) is 0 Å². The van der Waals surface area contributed by atoms with E-state index in [2.05, 4.69) is 5.48 Å². The van der Waals surface area contributed by atoms with Crippen molar-refractivity contribution < 1.29 is 10.0 Å². The zero-order chi connectivity index (χ0) is 14.1. The molecule has 0 aromatic heterocycles. The molecule has 0 aliphatic carbocycles. The number of hydrogen-bond donors (Lipinski definition) is 3. The molecule has 5 nitrogen and oxygen atoms in total. The Labute approximate surface area is 116 Å². The average Bonchev–Trinajstić information content (AvgIpc) is 2.61. The van der Waals surface area contributed by atoms with Crippen LogP contribution < -0.4 is 16.1 Å². The van der Waals surface area contributed by atoms with E-state index in [-0.39, 0.29) is 6.04 Å². The Bertz CT molecular complexity index is 657. The third-order valence-corrected chi connectivity index (χ3v) is 3.59. The van der Waals surface area contributed by atoms with Crippen molar-refractivity contribution in [3.63, 3.8) is 0 Å². The second-order valence-electron chi connectivity index (χ2n) is 4.75. The van der Waals surface area contributed by atoms with Gasteiger partial charge in [0.1, 0.15) is 0 Å². The summed E-state index contributed by atoms with van der Waals surface area (Å²) in [5, 5.41) is 9.43. The van der Waals surface area contributed by atoms with Gasteiger partial charge in [0.15, 0.2) is 0 Å². The Morgan fingerprint density at radius 2 is 1.80 bits per heavy atom. The van der Waals surface area contributed by atoms with Gasteiger partial charge in [-0.25, -0.2) is 4.79 Å². The van der Waals surface area contributed by atoms with E-state index < -0.39 is 6.03 Å². The molecule has 1 heterocycles. The normalized spacial score (nSPS) is 17.1. The molecule has 102 valence electrons. The summed E-state index contributed by atoms with van der Waals surface area (Å²) in [5.41, 5.74) is 11.1. The van der Waals surface area contributed by atoms with Crippen LogP contribution in [0.15, 0.2) is 48.5 Å². The zero-order valence-corrected chi connectivity index (χ0v) is 10.8.